The van der Waals surface area contributed by atoms with Gasteiger partial charge in [0.25, 0.3) is 0 Å². The number of para-hydroxylation sites is 1. The van der Waals surface area contributed by atoms with Crippen LogP contribution in [-0.2, 0) is 0 Å². The van der Waals surface area contributed by atoms with E-state index >= 15 is 0 Å². The predicted molar refractivity (Wildman–Crippen MR) is 83.9 cm³/mol. The van der Waals surface area contributed by atoms with Crippen molar-refractivity contribution in [1.82, 2.24) is 4.98 Å². The van der Waals surface area contributed by atoms with E-state index < -0.39 is 0 Å². The minimum Gasteiger partial charge on any atom is -0.358 e. The van der Waals surface area contributed by atoms with Crippen LogP contribution in [0.2, 0.25) is 0 Å². The van der Waals surface area contributed by atoms with Crippen molar-refractivity contribution in [3.63, 3.8) is 0 Å². The van der Waals surface area contributed by atoms with Gasteiger partial charge in [-0.25, -0.2) is 4.39 Å². The third-order valence-corrected chi connectivity index (χ3v) is 4.71. The van der Waals surface area contributed by atoms with Crippen LogP contribution in [0, 0.1) is 11.7 Å². The molecule has 1 aliphatic rings. The summed E-state index contributed by atoms with van der Waals surface area (Å²) in [5.41, 5.74) is 3.46. The normalized spacial score (nSPS) is 16.8. The Labute approximate surface area is 123 Å². The molecule has 0 saturated heterocycles. The number of hydrogen-bond acceptors (Lipinski definition) is 0. The fourth-order valence-electron chi connectivity index (χ4n) is 3.44. The Balaban J connectivity index is 1.82. The lowest BCUT2D eigenvalue weighted by atomic mass is 9.71. The predicted octanol–water partition coefficient (Wildman–Crippen LogP) is 5.24. The van der Waals surface area contributed by atoms with Gasteiger partial charge in [-0.3, -0.25) is 0 Å². The first-order valence-corrected chi connectivity index (χ1v) is 7.64. The number of aromatic amines is 1. The highest BCUT2D eigenvalue weighted by Crippen LogP contribution is 2.43. The van der Waals surface area contributed by atoms with Crippen LogP contribution < -0.4 is 0 Å². The first-order valence-electron chi connectivity index (χ1n) is 7.64. The zero-order valence-corrected chi connectivity index (χ0v) is 11.9. The molecule has 1 aromatic heterocycles. The van der Waals surface area contributed by atoms with E-state index in [0.717, 1.165) is 11.1 Å². The van der Waals surface area contributed by atoms with Gasteiger partial charge in [0.1, 0.15) is 5.82 Å². The van der Waals surface area contributed by atoms with Gasteiger partial charge >= 0.3 is 0 Å². The van der Waals surface area contributed by atoms with E-state index in [1.807, 2.05) is 12.1 Å². The average Bonchev–Trinajstić information content (AvgIpc) is 2.85. The van der Waals surface area contributed by atoms with Crippen LogP contribution in [0.3, 0.4) is 0 Å². The highest BCUT2D eigenvalue weighted by molar-refractivity contribution is 5.80. The zero-order valence-electron chi connectivity index (χ0n) is 11.9. The molecule has 0 spiro atoms. The Hall–Kier alpha value is -2.09. The van der Waals surface area contributed by atoms with Crippen LogP contribution in [0.15, 0.2) is 54.6 Å². The van der Waals surface area contributed by atoms with E-state index in [9.17, 15) is 4.39 Å². The van der Waals surface area contributed by atoms with Gasteiger partial charge in [-0.1, -0.05) is 36.8 Å². The van der Waals surface area contributed by atoms with Crippen molar-refractivity contribution in [2.75, 3.05) is 0 Å². The third-order valence-electron chi connectivity index (χ3n) is 4.71. The maximum atomic E-state index is 13.6. The number of aromatic nitrogens is 1. The Bertz CT molecular complexity index is 737. The SMILES string of the molecule is Fc1cccc([C@@H](c2cc3ccccc3[nH]2)C2CCC2)c1. The van der Waals surface area contributed by atoms with E-state index in [0.29, 0.717) is 5.92 Å². The smallest absolute Gasteiger partial charge is 0.123 e. The molecule has 0 unspecified atom stereocenters. The summed E-state index contributed by atoms with van der Waals surface area (Å²) in [7, 11) is 0. The van der Waals surface area contributed by atoms with Gasteiger partial charge in [0.2, 0.25) is 0 Å². The number of benzene rings is 2. The van der Waals surface area contributed by atoms with Crippen LogP contribution in [0.4, 0.5) is 4.39 Å². The number of hydrogen-bond donors (Lipinski definition) is 1. The molecule has 0 radical (unpaired) electrons. The molecule has 1 aliphatic carbocycles. The Morgan fingerprint density at radius 1 is 1.00 bits per heavy atom. The summed E-state index contributed by atoms with van der Waals surface area (Å²) in [6, 6.07) is 17.6. The van der Waals surface area contributed by atoms with E-state index in [1.165, 1.54) is 36.4 Å². The molecule has 0 aliphatic heterocycles. The highest BCUT2D eigenvalue weighted by Gasteiger charge is 2.31. The molecular weight excluding hydrogens is 261 g/mol. The molecule has 3 aromatic rings. The maximum Gasteiger partial charge on any atom is 0.123 e. The molecule has 1 fully saturated rings. The maximum absolute atomic E-state index is 13.6. The minimum atomic E-state index is -0.145. The molecule has 21 heavy (non-hydrogen) atoms. The monoisotopic (exact) mass is 279 g/mol. The lowest BCUT2D eigenvalue weighted by molar-refractivity contribution is 0.281. The van der Waals surface area contributed by atoms with Crippen molar-refractivity contribution in [3.8, 4) is 0 Å². The van der Waals surface area contributed by atoms with Crippen LogP contribution >= 0.6 is 0 Å². The Morgan fingerprint density at radius 3 is 2.57 bits per heavy atom. The molecule has 1 heterocycles. The van der Waals surface area contributed by atoms with Crippen LogP contribution in [0.5, 0.6) is 0 Å². The first-order chi connectivity index (χ1) is 10.3. The number of nitrogens with one attached hydrogen (secondary N) is 1. The zero-order chi connectivity index (χ0) is 14.2. The molecule has 1 nitrogen and oxygen atoms in total. The van der Waals surface area contributed by atoms with Crippen molar-refractivity contribution in [2.24, 2.45) is 5.92 Å². The first kappa shape index (κ1) is 12.6. The second kappa shape index (κ2) is 5.03. The lowest BCUT2D eigenvalue weighted by Crippen LogP contribution is -2.21. The summed E-state index contributed by atoms with van der Waals surface area (Å²) in [5, 5.41) is 1.23. The molecule has 2 heteroatoms. The largest absolute Gasteiger partial charge is 0.358 e. The molecule has 2 aromatic carbocycles. The van der Waals surface area contributed by atoms with Crippen LogP contribution in [0.1, 0.15) is 36.4 Å². The van der Waals surface area contributed by atoms with Gasteiger partial charge in [-0.05, 0) is 54.0 Å². The highest BCUT2D eigenvalue weighted by atomic mass is 19.1. The van der Waals surface area contributed by atoms with E-state index in [4.69, 9.17) is 0 Å². The molecular formula is C19H18FN. The van der Waals surface area contributed by atoms with Crippen molar-refractivity contribution in [1.29, 1.82) is 0 Å². The molecule has 1 N–H and O–H groups in total. The van der Waals surface area contributed by atoms with Crippen LogP contribution in [0.25, 0.3) is 10.9 Å². The standard InChI is InChI=1S/C19H18FN/c20-16-9-4-8-15(11-16)19(13-6-3-7-13)18-12-14-5-1-2-10-17(14)21-18/h1-2,4-5,8-13,19,21H,3,6-7H2/t19-/m0/s1. The van der Waals surface area contributed by atoms with E-state index in [2.05, 4.69) is 35.3 Å². The van der Waals surface area contributed by atoms with Gasteiger partial charge in [0.15, 0.2) is 0 Å². The van der Waals surface area contributed by atoms with Crippen molar-refractivity contribution >= 4 is 10.9 Å². The number of rotatable bonds is 3. The van der Waals surface area contributed by atoms with Gasteiger partial charge < -0.3 is 4.98 Å². The molecule has 0 bridgehead atoms. The topological polar surface area (TPSA) is 15.8 Å². The quantitative estimate of drug-likeness (QED) is 0.675. The molecule has 0 amide bonds. The second-order valence-corrected chi connectivity index (χ2v) is 6.04. The van der Waals surface area contributed by atoms with Gasteiger partial charge in [0.05, 0.1) is 0 Å². The van der Waals surface area contributed by atoms with Gasteiger partial charge in [-0.2, -0.15) is 0 Å². The fourth-order valence-corrected chi connectivity index (χ4v) is 3.44. The molecule has 1 atom stereocenters. The Kier molecular flexibility index (Phi) is 3.03. The van der Waals surface area contributed by atoms with Gasteiger partial charge in [-0.15, -0.1) is 0 Å². The summed E-state index contributed by atoms with van der Waals surface area (Å²) in [4.78, 5) is 3.54. The van der Waals surface area contributed by atoms with Gasteiger partial charge in [0, 0.05) is 17.1 Å². The summed E-state index contributed by atoms with van der Waals surface area (Å²) in [6.45, 7) is 0. The Morgan fingerprint density at radius 2 is 1.86 bits per heavy atom. The van der Waals surface area contributed by atoms with Crippen molar-refractivity contribution in [3.05, 3.63) is 71.7 Å². The molecule has 4 rings (SSSR count). The summed E-state index contributed by atoms with van der Waals surface area (Å²) < 4.78 is 13.6. The number of fused-ring (bicyclic) bond motifs is 1. The fraction of sp³-hybridized carbons (Fsp3) is 0.263. The summed E-state index contributed by atoms with van der Waals surface area (Å²) >= 11 is 0. The summed E-state index contributed by atoms with van der Waals surface area (Å²) in [5.74, 6) is 0.759. The second-order valence-electron chi connectivity index (χ2n) is 6.04. The lowest BCUT2D eigenvalue weighted by Gasteiger charge is -2.33. The van der Waals surface area contributed by atoms with E-state index in [1.54, 1.807) is 6.07 Å². The number of H-pyrrole nitrogens is 1. The van der Waals surface area contributed by atoms with Crippen molar-refractivity contribution < 1.29 is 4.39 Å². The minimum absolute atomic E-state index is 0.145. The van der Waals surface area contributed by atoms with Crippen LogP contribution in [-0.4, -0.2) is 4.98 Å². The van der Waals surface area contributed by atoms with E-state index in [-0.39, 0.29) is 11.7 Å². The average molecular weight is 279 g/mol. The molecule has 1 saturated carbocycles. The summed E-state index contributed by atoms with van der Waals surface area (Å²) in [6.07, 6.45) is 3.75. The third kappa shape index (κ3) is 2.25. The van der Waals surface area contributed by atoms with Crippen molar-refractivity contribution in [2.45, 2.75) is 25.2 Å². The molecule has 106 valence electrons. The number of halogens is 1.